The van der Waals surface area contributed by atoms with Crippen molar-refractivity contribution in [3.63, 3.8) is 0 Å². The van der Waals surface area contributed by atoms with E-state index in [1.165, 1.54) is 18.7 Å². The summed E-state index contributed by atoms with van der Waals surface area (Å²) >= 11 is 6.08. The molecule has 1 aromatic rings. The fourth-order valence-electron chi connectivity index (χ4n) is 1.18. The lowest BCUT2D eigenvalue weighted by Crippen LogP contribution is -2.21. The standard InChI is InChI=1S/C10H16N5O2S2/c1-8(16)17-9(6-18)7-19-10-11-12-13-15(10)5-4-14(2)3/h9H,4-5,7H2,1-3H3. The summed E-state index contributed by atoms with van der Waals surface area (Å²) in [5, 5.41) is 14.6. The zero-order valence-electron chi connectivity index (χ0n) is 11.1. The molecule has 9 heteroatoms. The van der Waals surface area contributed by atoms with E-state index in [0.29, 0.717) is 17.5 Å². The quantitative estimate of drug-likeness (QED) is 0.381. The van der Waals surface area contributed by atoms with E-state index in [-0.39, 0.29) is 5.97 Å². The van der Waals surface area contributed by atoms with Gasteiger partial charge in [0, 0.05) is 19.2 Å². The summed E-state index contributed by atoms with van der Waals surface area (Å²) in [5.41, 5.74) is 0. The normalized spacial score (nSPS) is 12.4. The van der Waals surface area contributed by atoms with Gasteiger partial charge in [0.1, 0.15) is 6.10 Å². The van der Waals surface area contributed by atoms with E-state index in [2.05, 4.69) is 20.9 Å². The van der Waals surface area contributed by atoms with Crippen molar-refractivity contribution in [1.29, 1.82) is 0 Å². The lowest BCUT2D eigenvalue weighted by Gasteiger charge is -2.12. The van der Waals surface area contributed by atoms with Gasteiger partial charge in [-0.25, -0.2) is 4.68 Å². The number of aromatic nitrogens is 4. The van der Waals surface area contributed by atoms with Crippen molar-refractivity contribution >= 4 is 35.3 Å². The summed E-state index contributed by atoms with van der Waals surface area (Å²) in [6.45, 7) is 2.87. The number of tetrazole rings is 1. The van der Waals surface area contributed by atoms with E-state index < -0.39 is 6.10 Å². The highest BCUT2D eigenvalue weighted by molar-refractivity contribution is 7.99. The van der Waals surface area contributed by atoms with Crippen molar-refractivity contribution in [2.45, 2.75) is 24.7 Å². The van der Waals surface area contributed by atoms with Crippen LogP contribution in [0.3, 0.4) is 0 Å². The van der Waals surface area contributed by atoms with Crippen LogP contribution in [0.1, 0.15) is 6.92 Å². The molecular formula is C10H16N5O2S2. The molecule has 1 radical (unpaired) electrons. The number of rotatable bonds is 8. The highest BCUT2D eigenvalue weighted by Crippen LogP contribution is 2.15. The third-order valence-corrected chi connectivity index (χ3v) is 3.34. The maximum absolute atomic E-state index is 10.8. The molecule has 1 heterocycles. The van der Waals surface area contributed by atoms with Crippen LogP contribution in [0.15, 0.2) is 5.16 Å². The van der Waals surface area contributed by atoms with Crippen molar-refractivity contribution in [3.05, 3.63) is 0 Å². The third-order valence-electron chi connectivity index (χ3n) is 2.06. The Balaban J connectivity index is 2.50. The number of nitrogens with zero attached hydrogens (tertiary/aromatic N) is 5. The van der Waals surface area contributed by atoms with E-state index in [0.717, 1.165) is 6.54 Å². The number of thiocarbonyl (C=S) groups is 1. The van der Waals surface area contributed by atoms with Crippen molar-refractivity contribution in [2.75, 3.05) is 26.4 Å². The van der Waals surface area contributed by atoms with E-state index >= 15 is 0 Å². The number of ether oxygens (including phenoxy) is 1. The van der Waals surface area contributed by atoms with Crippen LogP contribution in [-0.4, -0.2) is 68.9 Å². The van der Waals surface area contributed by atoms with Crippen LogP contribution in [0.25, 0.3) is 0 Å². The summed E-state index contributed by atoms with van der Waals surface area (Å²) in [6.07, 6.45) is -0.531. The lowest BCUT2D eigenvalue weighted by atomic mass is 10.5. The maximum atomic E-state index is 10.8. The van der Waals surface area contributed by atoms with Crippen LogP contribution in [0.2, 0.25) is 0 Å². The van der Waals surface area contributed by atoms with Gasteiger partial charge in [0.2, 0.25) is 5.16 Å². The number of esters is 1. The summed E-state index contributed by atoms with van der Waals surface area (Å²) in [7, 11) is 3.96. The molecule has 1 aromatic heterocycles. The molecule has 1 rings (SSSR count). The minimum Gasteiger partial charge on any atom is -0.456 e. The molecule has 0 N–H and O–H groups in total. The zero-order valence-corrected chi connectivity index (χ0v) is 12.7. The van der Waals surface area contributed by atoms with Crippen LogP contribution >= 0.6 is 24.0 Å². The largest absolute Gasteiger partial charge is 0.456 e. The smallest absolute Gasteiger partial charge is 0.303 e. The average Bonchev–Trinajstić information content (AvgIpc) is 2.78. The fourth-order valence-corrected chi connectivity index (χ4v) is 2.24. The minimum absolute atomic E-state index is 0.379. The Morgan fingerprint density at radius 1 is 1.63 bits per heavy atom. The van der Waals surface area contributed by atoms with E-state index in [1.807, 2.05) is 19.0 Å². The molecule has 1 unspecified atom stereocenters. The van der Waals surface area contributed by atoms with E-state index in [1.54, 1.807) is 4.68 Å². The molecule has 7 nitrogen and oxygen atoms in total. The zero-order chi connectivity index (χ0) is 14.3. The predicted molar refractivity (Wildman–Crippen MR) is 75.2 cm³/mol. The number of thioether (sulfide) groups is 1. The first-order valence-electron chi connectivity index (χ1n) is 5.61. The first-order valence-corrected chi connectivity index (χ1v) is 7.01. The van der Waals surface area contributed by atoms with Gasteiger partial charge in [-0.3, -0.25) is 4.79 Å². The van der Waals surface area contributed by atoms with Gasteiger partial charge in [0.25, 0.3) is 0 Å². The third kappa shape index (κ3) is 6.08. The number of carbonyl (C=O) groups is 1. The van der Waals surface area contributed by atoms with Crippen molar-refractivity contribution in [3.8, 4) is 0 Å². The summed E-state index contributed by atoms with van der Waals surface area (Å²) < 4.78 is 6.68. The average molecular weight is 302 g/mol. The van der Waals surface area contributed by atoms with Gasteiger partial charge in [-0.15, -0.1) is 5.10 Å². The number of carbonyl (C=O) groups excluding carboxylic acids is 1. The van der Waals surface area contributed by atoms with Gasteiger partial charge in [0.15, 0.2) is 0 Å². The Kier molecular flexibility index (Phi) is 6.89. The summed E-state index contributed by atoms with van der Waals surface area (Å²) in [4.78, 5) is 12.9. The predicted octanol–water partition coefficient (Wildman–Crippen LogP) is 0.135. The highest BCUT2D eigenvalue weighted by atomic mass is 32.2. The van der Waals surface area contributed by atoms with Crippen molar-refractivity contribution in [2.24, 2.45) is 0 Å². The van der Waals surface area contributed by atoms with Gasteiger partial charge in [-0.2, -0.15) is 0 Å². The van der Waals surface area contributed by atoms with Gasteiger partial charge in [-0.1, -0.05) is 24.0 Å². The van der Waals surface area contributed by atoms with Gasteiger partial charge < -0.3 is 9.64 Å². The van der Waals surface area contributed by atoms with Crippen molar-refractivity contribution < 1.29 is 9.53 Å². The Bertz CT molecular complexity index is 424. The van der Waals surface area contributed by atoms with Crippen LogP contribution in [0.4, 0.5) is 0 Å². The second-order valence-corrected chi connectivity index (χ2v) is 5.24. The molecule has 0 bridgehead atoms. The van der Waals surface area contributed by atoms with Crippen LogP contribution in [0.5, 0.6) is 0 Å². The molecule has 0 saturated carbocycles. The van der Waals surface area contributed by atoms with E-state index in [4.69, 9.17) is 17.0 Å². The summed E-state index contributed by atoms with van der Waals surface area (Å²) in [6, 6.07) is 0. The van der Waals surface area contributed by atoms with Crippen molar-refractivity contribution in [1.82, 2.24) is 25.1 Å². The van der Waals surface area contributed by atoms with Gasteiger partial charge in [0.05, 0.1) is 11.9 Å². The molecule has 105 valence electrons. The molecule has 0 aromatic carbocycles. The van der Waals surface area contributed by atoms with Crippen LogP contribution in [0, 0.1) is 0 Å². The molecule has 0 aliphatic rings. The van der Waals surface area contributed by atoms with Crippen LogP contribution in [-0.2, 0) is 16.1 Å². The molecular weight excluding hydrogens is 286 g/mol. The second-order valence-electron chi connectivity index (χ2n) is 4.01. The highest BCUT2D eigenvalue weighted by Gasteiger charge is 2.13. The molecule has 0 spiro atoms. The Hall–Kier alpha value is -1.06. The number of hydrogen-bond donors (Lipinski definition) is 0. The number of likely N-dealkylation sites (N-methyl/N-ethyl adjacent to an activating group) is 1. The maximum Gasteiger partial charge on any atom is 0.303 e. The molecule has 1 atom stereocenters. The molecule has 0 fully saturated rings. The fraction of sp³-hybridized carbons (Fsp3) is 0.700. The van der Waals surface area contributed by atoms with E-state index in [9.17, 15) is 4.79 Å². The molecule has 0 aliphatic carbocycles. The van der Waals surface area contributed by atoms with Crippen LogP contribution < -0.4 is 0 Å². The molecule has 0 amide bonds. The van der Waals surface area contributed by atoms with Gasteiger partial charge >= 0.3 is 5.97 Å². The Morgan fingerprint density at radius 2 is 2.37 bits per heavy atom. The number of hydrogen-bond acceptors (Lipinski definition) is 8. The summed E-state index contributed by atoms with van der Waals surface area (Å²) in [5.74, 6) is 0.0703. The SMILES string of the molecule is CC(=O)OC([C]=S)CSc1nnnn1CCN(C)C. The topological polar surface area (TPSA) is 73.1 Å². The first kappa shape index (κ1) is 16.0. The molecule has 0 saturated heterocycles. The minimum atomic E-state index is -0.531. The lowest BCUT2D eigenvalue weighted by molar-refractivity contribution is -0.142. The first-order chi connectivity index (χ1) is 9.02. The molecule has 0 aliphatic heterocycles. The monoisotopic (exact) mass is 302 g/mol. The Labute approximate surface area is 121 Å². The second kappa shape index (κ2) is 8.18. The van der Waals surface area contributed by atoms with Gasteiger partial charge in [-0.05, 0) is 24.5 Å². The Morgan fingerprint density at radius 3 is 2.95 bits per heavy atom. The molecule has 19 heavy (non-hydrogen) atoms.